The number of methoxy groups -OCH3 is 5. The molecule has 0 radical (unpaired) electrons. The van der Waals surface area contributed by atoms with Crippen LogP contribution in [-0.4, -0.2) is 70.1 Å². The van der Waals surface area contributed by atoms with Crippen molar-refractivity contribution >= 4 is 38.2 Å². The number of rotatable bonds is 11. The molecular weight excluding hydrogens is 562 g/mol. The Balaban J connectivity index is 1.35. The fourth-order valence-electron chi connectivity index (χ4n) is 4.60. The van der Waals surface area contributed by atoms with Crippen molar-refractivity contribution in [1.29, 1.82) is 0 Å². The summed E-state index contributed by atoms with van der Waals surface area (Å²) < 4.78 is 40.4. The van der Waals surface area contributed by atoms with Crippen molar-refractivity contribution in [1.82, 2.24) is 10.1 Å². The summed E-state index contributed by atoms with van der Waals surface area (Å²) in [6, 6.07) is 11.3. The predicted molar refractivity (Wildman–Crippen MR) is 158 cm³/mol. The van der Waals surface area contributed by atoms with Gasteiger partial charge in [-0.15, -0.1) is 0 Å². The molecule has 1 N–H and O–H groups in total. The fraction of sp³-hybridized carbons (Fsp3) is 0.300. The number of ether oxygens (including phenoxy) is 6. The van der Waals surface area contributed by atoms with Gasteiger partial charge in [-0.1, -0.05) is 22.6 Å². The first-order chi connectivity index (χ1) is 20.3. The van der Waals surface area contributed by atoms with E-state index in [9.17, 15) is 4.79 Å². The highest BCUT2D eigenvalue weighted by Gasteiger charge is 2.40. The zero-order chi connectivity index (χ0) is 29.9. The number of carbonyl (C=O) groups is 1. The minimum absolute atomic E-state index is 0.265. The average Bonchev–Trinajstić information content (AvgIpc) is 3.66. The Labute approximate surface area is 246 Å². The number of fused-ring (bicyclic) bond motifs is 1. The van der Waals surface area contributed by atoms with Crippen LogP contribution in [0.3, 0.4) is 0 Å². The summed E-state index contributed by atoms with van der Waals surface area (Å²) >= 11 is 1.40. The Morgan fingerprint density at radius 1 is 1.02 bits per heavy atom. The topological polar surface area (TPSA) is 123 Å². The number of nitrogens with one attached hydrogen (secondary N) is 1. The second-order valence-electron chi connectivity index (χ2n) is 9.35. The lowest BCUT2D eigenvalue weighted by atomic mass is 9.96. The molecule has 0 fully saturated rings. The number of thiazole rings is 1. The van der Waals surface area contributed by atoms with Crippen molar-refractivity contribution in [2.24, 2.45) is 0 Å². The van der Waals surface area contributed by atoms with Crippen molar-refractivity contribution < 1.29 is 37.7 Å². The van der Waals surface area contributed by atoms with Crippen LogP contribution in [0.1, 0.15) is 11.3 Å². The monoisotopic (exact) mass is 593 g/mol. The Hall–Kier alpha value is -4.23. The second kappa shape index (κ2) is 12.3. The van der Waals surface area contributed by atoms with Crippen LogP contribution in [0, 0.1) is 6.92 Å². The number of hydrogen-bond acceptors (Lipinski definition) is 11. The van der Waals surface area contributed by atoms with Crippen LogP contribution in [0.25, 0.3) is 27.0 Å². The molecule has 1 atom stereocenters. The molecule has 42 heavy (non-hydrogen) atoms. The molecule has 5 rings (SSSR count). The van der Waals surface area contributed by atoms with E-state index in [1.807, 2.05) is 25.1 Å². The summed E-state index contributed by atoms with van der Waals surface area (Å²) in [5.41, 5.74) is 3.85. The number of benzene rings is 2. The van der Waals surface area contributed by atoms with E-state index in [0.717, 1.165) is 15.8 Å². The zero-order valence-electron chi connectivity index (χ0n) is 24.0. The van der Waals surface area contributed by atoms with Gasteiger partial charge in [-0.2, -0.15) is 0 Å². The highest BCUT2D eigenvalue weighted by atomic mass is 32.1. The summed E-state index contributed by atoms with van der Waals surface area (Å²) in [5, 5.41) is 7.54. The normalized spacial score (nSPS) is 15.9. The maximum Gasteiger partial charge on any atom is 0.252 e. The maximum absolute atomic E-state index is 12.8. The smallest absolute Gasteiger partial charge is 0.252 e. The number of anilines is 1. The molecule has 2 heterocycles. The molecule has 1 aliphatic rings. The van der Waals surface area contributed by atoms with Crippen LogP contribution >= 0.6 is 11.3 Å². The minimum atomic E-state index is -1.25. The molecule has 2 aromatic heterocycles. The first-order valence-corrected chi connectivity index (χ1v) is 13.7. The SMILES string of the molecule is COc1cc(-c2cc(C3=CC(OCC(=O)Nc4nc5cc(C)ccc5s4)C(OC)(OC)C=C3)on2)cc(OC)c1OC. The lowest BCUT2D eigenvalue weighted by Crippen LogP contribution is -2.47. The highest BCUT2D eigenvalue weighted by Crippen LogP contribution is 2.41. The van der Waals surface area contributed by atoms with Gasteiger partial charge in [0, 0.05) is 31.4 Å². The van der Waals surface area contributed by atoms with Crippen LogP contribution in [0.4, 0.5) is 5.13 Å². The third kappa shape index (κ3) is 5.74. The maximum atomic E-state index is 12.8. The molecule has 11 nitrogen and oxygen atoms in total. The van der Waals surface area contributed by atoms with Crippen molar-refractivity contribution in [3.05, 3.63) is 65.9 Å². The van der Waals surface area contributed by atoms with E-state index in [0.29, 0.717) is 45.0 Å². The van der Waals surface area contributed by atoms with Gasteiger partial charge in [-0.3, -0.25) is 10.1 Å². The number of nitrogens with zero attached hydrogens (tertiary/aromatic N) is 2. The molecule has 0 saturated heterocycles. The van der Waals surface area contributed by atoms with Gasteiger partial charge in [0.2, 0.25) is 11.5 Å². The lowest BCUT2D eigenvalue weighted by Gasteiger charge is -2.36. The third-order valence-corrected chi connectivity index (χ3v) is 7.75. The number of amides is 1. The summed E-state index contributed by atoms with van der Waals surface area (Å²) in [5.74, 6) is 0.315. The van der Waals surface area contributed by atoms with E-state index in [1.54, 1.807) is 57.8 Å². The predicted octanol–water partition coefficient (Wildman–Crippen LogP) is 5.25. The summed E-state index contributed by atoms with van der Waals surface area (Å²) in [6.07, 6.45) is 4.48. The van der Waals surface area contributed by atoms with Crippen LogP contribution in [-0.2, 0) is 19.0 Å². The van der Waals surface area contributed by atoms with Crippen molar-refractivity contribution in [3.63, 3.8) is 0 Å². The molecule has 1 amide bonds. The first kappa shape index (κ1) is 29.3. The molecule has 0 spiro atoms. The van der Waals surface area contributed by atoms with Gasteiger partial charge >= 0.3 is 0 Å². The van der Waals surface area contributed by atoms with Gasteiger partial charge in [0.05, 0.1) is 31.5 Å². The second-order valence-corrected chi connectivity index (χ2v) is 10.4. The Morgan fingerprint density at radius 3 is 2.43 bits per heavy atom. The van der Waals surface area contributed by atoms with Gasteiger partial charge in [0.15, 0.2) is 22.4 Å². The molecule has 1 aliphatic carbocycles. The molecule has 0 saturated carbocycles. The number of aromatic nitrogens is 2. The van der Waals surface area contributed by atoms with Gasteiger partial charge in [-0.05, 0) is 55.0 Å². The minimum Gasteiger partial charge on any atom is -0.493 e. The highest BCUT2D eigenvalue weighted by molar-refractivity contribution is 7.22. The Bertz CT molecular complexity index is 1630. The molecule has 220 valence electrons. The van der Waals surface area contributed by atoms with Crippen LogP contribution in [0.15, 0.2) is 59.1 Å². The number of aryl methyl sites for hydroxylation is 1. The van der Waals surface area contributed by atoms with Gasteiger partial charge in [0.25, 0.3) is 5.91 Å². The number of carbonyl (C=O) groups excluding carboxylic acids is 1. The van der Waals surface area contributed by atoms with Gasteiger partial charge in [-0.25, -0.2) is 4.98 Å². The average molecular weight is 594 g/mol. The molecule has 0 aliphatic heterocycles. The fourth-order valence-corrected chi connectivity index (χ4v) is 5.47. The molecule has 2 aromatic carbocycles. The van der Waals surface area contributed by atoms with Gasteiger partial charge < -0.3 is 32.9 Å². The molecule has 1 unspecified atom stereocenters. The van der Waals surface area contributed by atoms with E-state index < -0.39 is 11.9 Å². The van der Waals surface area contributed by atoms with Crippen LogP contribution in [0.2, 0.25) is 0 Å². The lowest BCUT2D eigenvalue weighted by molar-refractivity contribution is -0.225. The first-order valence-electron chi connectivity index (χ1n) is 12.9. The zero-order valence-corrected chi connectivity index (χ0v) is 24.9. The van der Waals surface area contributed by atoms with Crippen LogP contribution < -0.4 is 19.5 Å². The summed E-state index contributed by atoms with van der Waals surface area (Å²) in [6.45, 7) is 1.73. The van der Waals surface area contributed by atoms with Crippen molar-refractivity contribution in [2.75, 3.05) is 47.5 Å². The molecule has 12 heteroatoms. The summed E-state index contributed by atoms with van der Waals surface area (Å²) in [4.78, 5) is 17.3. The van der Waals surface area contributed by atoms with E-state index in [1.165, 1.54) is 25.6 Å². The Kier molecular flexibility index (Phi) is 8.59. The van der Waals surface area contributed by atoms with Crippen molar-refractivity contribution in [3.8, 4) is 28.5 Å². The van der Waals surface area contributed by atoms with Gasteiger partial charge in [0.1, 0.15) is 18.4 Å². The van der Waals surface area contributed by atoms with Crippen LogP contribution in [0.5, 0.6) is 17.2 Å². The van der Waals surface area contributed by atoms with E-state index in [-0.39, 0.29) is 12.5 Å². The standard InChI is InChI=1S/C30H31N3O8S/c1-17-7-8-25-21(11-17)31-29(42-25)32-27(34)16-40-26-14-18(9-10-30(26,38-5)39-6)22-15-20(33-41-22)19-12-23(35-2)28(37-4)24(13-19)36-3/h7-15,26H,16H2,1-6H3,(H,31,32,34). The number of hydrogen-bond donors (Lipinski definition) is 1. The molecular formula is C30H31N3O8S. The third-order valence-electron chi connectivity index (χ3n) is 6.80. The summed E-state index contributed by atoms with van der Waals surface area (Å²) in [7, 11) is 7.64. The van der Waals surface area contributed by atoms with Crippen molar-refractivity contribution in [2.45, 2.75) is 18.8 Å². The Morgan fingerprint density at radius 2 is 1.76 bits per heavy atom. The van der Waals surface area contributed by atoms with E-state index in [2.05, 4.69) is 15.5 Å². The quantitative estimate of drug-likeness (QED) is 0.231. The molecule has 4 aromatic rings. The number of allylic oxidation sites excluding steroid dienone is 2. The largest absolute Gasteiger partial charge is 0.493 e. The van der Waals surface area contributed by atoms with E-state index in [4.69, 9.17) is 32.9 Å². The van der Waals surface area contributed by atoms with E-state index >= 15 is 0 Å². The molecule has 0 bridgehead atoms.